The average molecular weight is 472 g/mol. The van der Waals surface area contributed by atoms with Crippen molar-refractivity contribution in [3.63, 3.8) is 0 Å². The van der Waals surface area contributed by atoms with Gasteiger partial charge in [0.1, 0.15) is 23.0 Å². The Bertz CT molecular complexity index is 1200. The third-order valence-electron chi connectivity index (χ3n) is 6.37. The van der Waals surface area contributed by atoms with E-state index in [1.54, 1.807) is 12.3 Å². The minimum absolute atomic E-state index is 0.0171. The van der Waals surface area contributed by atoms with E-state index in [9.17, 15) is 18.7 Å². The number of aromatic carboxylic acids is 1. The summed E-state index contributed by atoms with van der Waals surface area (Å²) in [5.74, 6) is -1.35. The van der Waals surface area contributed by atoms with Crippen molar-refractivity contribution in [3.8, 4) is 0 Å². The summed E-state index contributed by atoms with van der Waals surface area (Å²) in [6, 6.07) is 4.79. The van der Waals surface area contributed by atoms with E-state index in [0.29, 0.717) is 38.5 Å². The van der Waals surface area contributed by atoms with Crippen LogP contribution in [0.15, 0.2) is 30.5 Å². The van der Waals surface area contributed by atoms with Gasteiger partial charge >= 0.3 is 5.97 Å². The lowest BCUT2D eigenvalue weighted by Gasteiger charge is -2.26. The van der Waals surface area contributed by atoms with Gasteiger partial charge in [-0.25, -0.2) is 23.1 Å². The number of benzene rings is 1. The molecule has 2 aliphatic rings. The lowest BCUT2D eigenvalue weighted by atomic mass is 10.0. The number of hydrogen-bond acceptors (Lipinski definition) is 7. The van der Waals surface area contributed by atoms with Crippen molar-refractivity contribution >= 4 is 23.3 Å². The van der Waals surface area contributed by atoms with Crippen LogP contribution in [-0.4, -0.2) is 76.5 Å². The second-order valence-electron chi connectivity index (χ2n) is 8.48. The van der Waals surface area contributed by atoms with E-state index in [-0.39, 0.29) is 28.6 Å². The van der Waals surface area contributed by atoms with Gasteiger partial charge in [-0.3, -0.25) is 4.90 Å². The first kappa shape index (κ1) is 22.5. The van der Waals surface area contributed by atoms with Crippen LogP contribution in [0.2, 0.25) is 0 Å². The van der Waals surface area contributed by atoms with Gasteiger partial charge in [-0.2, -0.15) is 0 Å². The molecule has 2 saturated heterocycles. The Morgan fingerprint density at radius 1 is 1.21 bits per heavy atom. The van der Waals surface area contributed by atoms with Gasteiger partial charge in [-0.15, -0.1) is 5.10 Å². The van der Waals surface area contributed by atoms with Gasteiger partial charge in [-0.1, -0.05) is 0 Å². The van der Waals surface area contributed by atoms with Crippen LogP contribution < -0.4 is 10.2 Å². The predicted octanol–water partition coefficient (Wildman–Crippen LogP) is 2.79. The second kappa shape index (κ2) is 9.51. The summed E-state index contributed by atoms with van der Waals surface area (Å²) in [5, 5.41) is 17.4. The van der Waals surface area contributed by atoms with E-state index in [2.05, 4.69) is 20.3 Å². The van der Waals surface area contributed by atoms with Gasteiger partial charge in [0.15, 0.2) is 11.5 Å². The normalized spacial score (nSPS) is 19.1. The maximum atomic E-state index is 14.5. The number of aromatic nitrogens is 3. The van der Waals surface area contributed by atoms with E-state index in [1.165, 1.54) is 10.6 Å². The summed E-state index contributed by atoms with van der Waals surface area (Å²) in [6.07, 6.45) is 3.08. The summed E-state index contributed by atoms with van der Waals surface area (Å²) in [6.45, 7) is 4.94. The summed E-state index contributed by atoms with van der Waals surface area (Å²) in [5.41, 5.74) is 0.456. The number of carbonyl (C=O) groups is 1. The zero-order valence-corrected chi connectivity index (χ0v) is 18.6. The van der Waals surface area contributed by atoms with Crippen LogP contribution in [-0.2, 0) is 4.74 Å². The first-order valence-corrected chi connectivity index (χ1v) is 11.4. The van der Waals surface area contributed by atoms with Gasteiger partial charge in [-0.05, 0) is 37.1 Å². The molecule has 11 heteroatoms. The molecular formula is C23H26F2N6O3. The van der Waals surface area contributed by atoms with E-state index < -0.39 is 17.6 Å². The molecule has 2 aliphatic heterocycles. The standard InChI is InChI=1S/C23H26F2N6O3/c24-15-3-4-17(25)16(14-15)18-2-1-7-30(18)19-5-8-31-22(27-19)20(23(32)33)21(28-31)26-6-9-29-10-12-34-13-11-29/h3-5,8,14,18H,1-2,6-7,9-13H2,(H,26,28)(H,32,33)/t18-/m1/s1. The number of carboxylic acid groups (broad SMARTS) is 1. The lowest BCUT2D eigenvalue weighted by molar-refractivity contribution is 0.0398. The molecule has 4 heterocycles. The maximum absolute atomic E-state index is 14.5. The smallest absolute Gasteiger partial charge is 0.343 e. The van der Waals surface area contributed by atoms with Crippen molar-refractivity contribution in [1.29, 1.82) is 0 Å². The molecule has 0 spiro atoms. The zero-order valence-electron chi connectivity index (χ0n) is 18.6. The van der Waals surface area contributed by atoms with Crippen LogP contribution in [0.5, 0.6) is 0 Å². The summed E-state index contributed by atoms with van der Waals surface area (Å²) < 4.78 is 35.1. The van der Waals surface area contributed by atoms with E-state index in [0.717, 1.165) is 38.2 Å². The number of halogens is 2. The molecule has 2 aromatic heterocycles. The molecular weight excluding hydrogens is 446 g/mol. The van der Waals surface area contributed by atoms with E-state index in [1.807, 2.05) is 4.90 Å². The zero-order chi connectivity index (χ0) is 23.7. The number of morpholine rings is 1. The maximum Gasteiger partial charge on any atom is 0.343 e. The van der Waals surface area contributed by atoms with Crippen LogP contribution in [0.4, 0.5) is 20.4 Å². The highest BCUT2D eigenvalue weighted by Gasteiger charge is 2.30. The first-order chi connectivity index (χ1) is 16.5. The van der Waals surface area contributed by atoms with Crippen LogP contribution in [0.25, 0.3) is 5.65 Å². The summed E-state index contributed by atoms with van der Waals surface area (Å²) in [7, 11) is 0. The van der Waals surface area contributed by atoms with Crippen LogP contribution in [0, 0.1) is 11.6 Å². The molecule has 0 saturated carbocycles. The molecule has 9 nitrogen and oxygen atoms in total. The van der Waals surface area contributed by atoms with Gasteiger partial charge in [0.2, 0.25) is 0 Å². The molecule has 5 rings (SSSR count). The number of ether oxygens (including phenoxy) is 1. The Morgan fingerprint density at radius 3 is 2.82 bits per heavy atom. The SMILES string of the molecule is O=C(O)c1c(NCCN2CCOCC2)nn2ccc(N3CCC[C@@H]3c3cc(F)ccc3F)nc12. The van der Waals surface area contributed by atoms with Crippen LogP contribution in [0.1, 0.15) is 34.8 Å². The lowest BCUT2D eigenvalue weighted by Crippen LogP contribution is -2.39. The third kappa shape index (κ3) is 4.40. The molecule has 0 bridgehead atoms. The molecule has 2 N–H and O–H groups in total. The minimum atomic E-state index is -1.14. The fraction of sp³-hybridized carbons (Fsp3) is 0.435. The molecule has 180 valence electrons. The van der Waals surface area contributed by atoms with Crippen molar-refractivity contribution in [2.75, 3.05) is 56.2 Å². The molecule has 0 aliphatic carbocycles. The quantitative estimate of drug-likeness (QED) is 0.542. The Balaban J connectivity index is 1.41. The van der Waals surface area contributed by atoms with Crippen LogP contribution >= 0.6 is 0 Å². The van der Waals surface area contributed by atoms with Gasteiger partial charge < -0.3 is 20.1 Å². The molecule has 0 unspecified atom stereocenters. The highest BCUT2D eigenvalue weighted by molar-refractivity contribution is 6.00. The van der Waals surface area contributed by atoms with Gasteiger partial charge in [0.05, 0.1) is 19.3 Å². The Morgan fingerprint density at radius 2 is 2.03 bits per heavy atom. The van der Waals surface area contributed by atoms with Crippen LogP contribution in [0.3, 0.4) is 0 Å². The number of nitrogens with one attached hydrogen (secondary N) is 1. The fourth-order valence-corrected chi connectivity index (χ4v) is 4.69. The molecule has 3 aromatic rings. The molecule has 2 fully saturated rings. The highest BCUT2D eigenvalue weighted by Crippen LogP contribution is 2.37. The molecule has 34 heavy (non-hydrogen) atoms. The highest BCUT2D eigenvalue weighted by atomic mass is 19.1. The number of nitrogens with zero attached hydrogens (tertiary/aromatic N) is 5. The van der Waals surface area contributed by atoms with Crippen molar-refractivity contribution < 1.29 is 23.4 Å². The van der Waals surface area contributed by atoms with Gasteiger partial charge in [0.25, 0.3) is 0 Å². The monoisotopic (exact) mass is 472 g/mol. The predicted molar refractivity (Wildman–Crippen MR) is 121 cm³/mol. The molecule has 1 atom stereocenters. The Hall–Kier alpha value is -3.31. The topological polar surface area (TPSA) is 95.2 Å². The Labute approximate surface area is 194 Å². The van der Waals surface area contributed by atoms with E-state index in [4.69, 9.17) is 4.74 Å². The van der Waals surface area contributed by atoms with E-state index >= 15 is 0 Å². The largest absolute Gasteiger partial charge is 0.477 e. The van der Waals surface area contributed by atoms with Gasteiger partial charge in [0, 0.05) is 44.5 Å². The first-order valence-electron chi connectivity index (χ1n) is 11.4. The number of fused-ring (bicyclic) bond motifs is 1. The summed E-state index contributed by atoms with van der Waals surface area (Å²) in [4.78, 5) is 20.8. The Kier molecular flexibility index (Phi) is 6.29. The average Bonchev–Trinajstić information content (AvgIpc) is 3.45. The molecule has 0 amide bonds. The van der Waals surface area contributed by atoms with Crippen molar-refractivity contribution in [2.45, 2.75) is 18.9 Å². The third-order valence-corrected chi connectivity index (χ3v) is 6.37. The second-order valence-corrected chi connectivity index (χ2v) is 8.48. The minimum Gasteiger partial charge on any atom is -0.477 e. The number of rotatable bonds is 7. The van der Waals surface area contributed by atoms with Crippen molar-refractivity contribution in [1.82, 2.24) is 19.5 Å². The molecule has 1 aromatic carbocycles. The fourth-order valence-electron chi connectivity index (χ4n) is 4.69. The number of carboxylic acids is 1. The van der Waals surface area contributed by atoms with Crippen molar-refractivity contribution in [2.24, 2.45) is 0 Å². The number of anilines is 2. The number of hydrogen-bond donors (Lipinski definition) is 2. The summed E-state index contributed by atoms with van der Waals surface area (Å²) >= 11 is 0. The molecule has 0 radical (unpaired) electrons. The van der Waals surface area contributed by atoms with Crippen molar-refractivity contribution in [3.05, 3.63) is 53.2 Å².